The number of hydrogen-bond acceptors (Lipinski definition) is 3. The van der Waals surface area contributed by atoms with Crippen LogP contribution in [0, 0.1) is 11.3 Å². The summed E-state index contributed by atoms with van der Waals surface area (Å²) in [5.41, 5.74) is 0.377. The van der Waals surface area contributed by atoms with E-state index in [0.29, 0.717) is 18.1 Å². The van der Waals surface area contributed by atoms with Gasteiger partial charge in [-0.25, -0.2) is 0 Å². The van der Waals surface area contributed by atoms with Crippen molar-refractivity contribution in [2.24, 2.45) is 11.3 Å². The third kappa shape index (κ3) is 4.52. The summed E-state index contributed by atoms with van der Waals surface area (Å²) >= 11 is 0. The van der Waals surface area contributed by atoms with Gasteiger partial charge in [-0.3, -0.25) is 9.80 Å². The summed E-state index contributed by atoms with van der Waals surface area (Å²) in [5, 5.41) is 9.26. The molecule has 1 N–H and O–H groups in total. The summed E-state index contributed by atoms with van der Waals surface area (Å²) in [7, 11) is 0. The van der Waals surface area contributed by atoms with Crippen LogP contribution in [-0.2, 0) is 0 Å². The average Bonchev–Trinajstić information content (AvgIpc) is 3.04. The molecule has 0 amide bonds. The second-order valence-electron chi connectivity index (χ2n) is 7.40. The van der Waals surface area contributed by atoms with Crippen molar-refractivity contribution in [3.63, 3.8) is 0 Å². The predicted molar refractivity (Wildman–Crippen MR) is 75.7 cm³/mol. The summed E-state index contributed by atoms with van der Waals surface area (Å²) < 4.78 is 0. The number of hydrogen-bond donors (Lipinski definition) is 1. The van der Waals surface area contributed by atoms with E-state index >= 15 is 0 Å². The molecule has 1 saturated heterocycles. The standard InChI is InChI=1S/C15H30N2O/c1-15(2,3)12-16-7-8-17(10-13-4-5-13)14(11-16)6-9-18/h13-14,18H,4-12H2,1-3H3. The topological polar surface area (TPSA) is 26.7 Å². The lowest BCUT2D eigenvalue weighted by Crippen LogP contribution is -2.55. The first-order chi connectivity index (χ1) is 8.48. The van der Waals surface area contributed by atoms with Crippen molar-refractivity contribution >= 4 is 0 Å². The summed E-state index contributed by atoms with van der Waals surface area (Å²) in [5.74, 6) is 0.959. The molecule has 1 unspecified atom stereocenters. The van der Waals surface area contributed by atoms with E-state index in [9.17, 15) is 5.11 Å². The minimum absolute atomic E-state index is 0.329. The molecule has 3 heteroatoms. The lowest BCUT2D eigenvalue weighted by Gasteiger charge is -2.43. The molecular formula is C15H30N2O. The van der Waals surface area contributed by atoms with E-state index in [0.717, 1.165) is 18.9 Å². The smallest absolute Gasteiger partial charge is 0.0446 e. The molecule has 1 aliphatic heterocycles. The largest absolute Gasteiger partial charge is 0.396 e. The molecule has 2 aliphatic rings. The minimum Gasteiger partial charge on any atom is -0.396 e. The molecule has 0 aromatic carbocycles. The molecule has 0 aromatic heterocycles. The molecule has 0 radical (unpaired) electrons. The molecule has 0 spiro atoms. The molecule has 1 saturated carbocycles. The number of nitrogens with zero attached hydrogens (tertiary/aromatic N) is 2. The van der Waals surface area contributed by atoms with Crippen LogP contribution in [0.15, 0.2) is 0 Å². The third-order valence-corrected chi connectivity index (χ3v) is 4.04. The Hall–Kier alpha value is -0.120. The molecule has 1 atom stereocenters. The third-order valence-electron chi connectivity index (χ3n) is 4.04. The van der Waals surface area contributed by atoms with Crippen LogP contribution in [0.4, 0.5) is 0 Å². The molecule has 1 heterocycles. The van der Waals surface area contributed by atoms with Gasteiger partial charge in [-0.15, -0.1) is 0 Å². The van der Waals surface area contributed by atoms with E-state index in [2.05, 4.69) is 30.6 Å². The summed E-state index contributed by atoms with van der Waals surface area (Å²) in [6.45, 7) is 13.2. The van der Waals surface area contributed by atoms with Gasteiger partial charge in [0, 0.05) is 45.4 Å². The van der Waals surface area contributed by atoms with Crippen molar-refractivity contribution in [3.8, 4) is 0 Å². The zero-order valence-corrected chi connectivity index (χ0v) is 12.4. The SMILES string of the molecule is CC(C)(C)CN1CCN(CC2CC2)C(CCO)C1. The molecule has 0 bridgehead atoms. The molecule has 3 nitrogen and oxygen atoms in total. The first kappa shape index (κ1) is 14.3. The van der Waals surface area contributed by atoms with Crippen molar-refractivity contribution in [3.05, 3.63) is 0 Å². The summed E-state index contributed by atoms with van der Waals surface area (Å²) in [6.07, 6.45) is 3.79. The number of piperazine rings is 1. The van der Waals surface area contributed by atoms with Crippen molar-refractivity contribution in [1.82, 2.24) is 9.80 Å². The molecular weight excluding hydrogens is 224 g/mol. The fourth-order valence-corrected chi connectivity index (χ4v) is 3.07. The Morgan fingerprint density at radius 3 is 2.44 bits per heavy atom. The van der Waals surface area contributed by atoms with Crippen LogP contribution in [0.3, 0.4) is 0 Å². The second-order valence-corrected chi connectivity index (χ2v) is 7.40. The van der Waals surface area contributed by atoms with Crippen LogP contribution >= 0.6 is 0 Å². The Labute approximate surface area is 112 Å². The quantitative estimate of drug-likeness (QED) is 0.810. The van der Waals surface area contributed by atoms with E-state index in [4.69, 9.17) is 0 Å². The fourth-order valence-electron chi connectivity index (χ4n) is 3.07. The lowest BCUT2D eigenvalue weighted by atomic mass is 9.95. The predicted octanol–water partition coefficient (Wildman–Crippen LogP) is 1.81. The molecule has 18 heavy (non-hydrogen) atoms. The first-order valence-electron chi connectivity index (χ1n) is 7.55. The van der Waals surface area contributed by atoms with Gasteiger partial charge >= 0.3 is 0 Å². The average molecular weight is 254 g/mol. The molecule has 2 fully saturated rings. The lowest BCUT2D eigenvalue weighted by molar-refractivity contribution is 0.0402. The van der Waals surface area contributed by atoms with Gasteiger partial charge in [-0.2, -0.15) is 0 Å². The second kappa shape index (κ2) is 5.89. The monoisotopic (exact) mass is 254 g/mol. The van der Waals surface area contributed by atoms with Gasteiger partial charge < -0.3 is 5.11 Å². The molecule has 2 rings (SSSR count). The Balaban J connectivity index is 1.85. The van der Waals surface area contributed by atoms with E-state index in [1.54, 1.807) is 0 Å². The van der Waals surface area contributed by atoms with Crippen LogP contribution in [-0.4, -0.2) is 60.3 Å². The van der Waals surface area contributed by atoms with Gasteiger partial charge in [0.2, 0.25) is 0 Å². The van der Waals surface area contributed by atoms with Crippen molar-refractivity contribution in [2.75, 3.05) is 39.3 Å². The van der Waals surface area contributed by atoms with Crippen LogP contribution in [0.25, 0.3) is 0 Å². The molecule has 106 valence electrons. The van der Waals surface area contributed by atoms with Crippen LogP contribution in [0.1, 0.15) is 40.0 Å². The van der Waals surface area contributed by atoms with Gasteiger partial charge in [-0.05, 0) is 30.6 Å². The van der Waals surface area contributed by atoms with E-state index in [1.807, 2.05) is 0 Å². The highest BCUT2D eigenvalue weighted by Gasteiger charge is 2.32. The Kier molecular flexibility index (Phi) is 4.68. The zero-order chi connectivity index (χ0) is 13.2. The number of rotatable bonds is 5. The van der Waals surface area contributed by atoms with Gasteiger partial charge in [0.05, 0.1) is 0 Å². The van der Waals surface area contributed by atoms with Crippen molar-refractivity contribution in [1.29, 1.82) is 0 Å². The zero-order valence-electron chi connectivity index (χ0n) is 12.4. The van der Waals surface area contributed by atoms with E-state index in [-0.39, 0.29) is 0 Å². The van der Waals surface area contributed by atoms with Crippen LogP contribution in [0.5, 0.6) is 0 Å². The van der Waals surface area contributed by atoms with Crippen LogP contribution < -0.4 is 0 Å². The van der Waals surface area contributed by atoms with Crippen molar-refractivity contribution in [2.45, 2.75) is 46.1 Å². The summed E-state index contributed by atoms with van der Waals surface area (Å²) in [6, 6.07) is 0.576. The molecule has 1 aliphatic carbocycles. The van der Waals surface area contributed by atoms with Crippen LogP contribution in [0.2, 0.25) is 0 Å². The molecule has 0 aromatic rings. The highest BCUT2D eigenvalue weighted by Crippen LogP contribution is 2.31. The van der Waals surface area contributed by atoms with E-state index < -0.39 is 0 Å². The maximum Gasteiger partial charge on any atom is 0.0446 e. The van der Waals surface area contributed by atoms with Crippen molar-refractivity contribution < 1.29 is 5.11 Å². The normalized spacial score (nSPS) is 27.7. The highest BCUT2D eigenvalue weighted by atomic mass is 16.3. The fraction of sp³-hybridized carbons (Fsp3) is 1.00. The summed E-state index contributed by atoms with van der Waals surface area (Å²) in [4.78, 5) is 5.22. The number of aliphatic hydroxyl groups is 1. The Morgan fingerprint density at radius 1 is 1.17 bits per heavy atom. The Bertz CT molecular complexity index is 258. The number of aliphatic hydroxyl groups excluding tert-OH is 1. The van der Waals surface area contributed by atoms with Gasteiger partial charge in [0.25, 0.3) is 0 Å². The maximum atomic E-state index is 9.26. The Morgan fingerprint density at radius 2 is 1.89 bits per heavy atom. The van der Waals surface area contributed by atoms with E-state index in [1.165, 1.54) is 39.0 Å². The highest BCUT2D eigenvalue weighted by molar-refractivity contribution is 4.87. The maximum absolute atomic E-state index is 9.26. The van der Waals surface area contributed by atoms with Gasteiger partial charge in [-0.1, -0.05) is 20.8 Å². The van der Waals surface area contributed by atoms with Gasteiger partial charge in [0.1, 0.15) is 0 Å². The first-order valence-corrected chi connectivity index (χ1v) is 7.55. The minimum atomic E-state index is 0.329. The van der Waals surface area contributed by atoms with Gasteiger partial charge in [0.15, 0.2) is 0 Å².